The van der Waals surface area contributed by atoms with Gasteiger partial charge in [0.15, 0.2) is 6.10 Å². The van der Waals surface area contributed by atoms with Gasteiger partial charge in [-0.15, -0.1) is 0 Å². The maximum atomic E-state index is 12.9. The fourth-order valence-electron chi connectivity index (χ4n) is 9.62. The van der Waals surface area contributed by atoms with Gasteiger partial charge in [-0.1, -0.05) is 305 Å². The van der Waals surface area contributed by atoms with E-state index >= 15 is 0 Å². The number of rotatable bonds is 61. The first kappa shape index (κ1) is 74.6. The first-order valence-corrected chi connectivity index (χ1v) is 33.6. The van der Waals surface area contributed by atoms with Gasteiger partial charge in [0.2, 0.25) is 0 Å². The molecule has 78 heavy (non-hydrogen) atoms. The summed E-state index contributed by atoms with van der Waals surface area (Å²) < 4.78 is 17.0. The molecular formula is C72H126O6. The predicted octanol–water partition coefficient (Wildman–Crippen LogP) is 23.1. The summed E-state index contributed by atoms with van der Waals surface area (Å²) in [6.07, 6.45) is 87.3. The molecule has 0 rings (SSSR count). The number of hydrogen-bond acceptors (Lipinski definition) is 6. The van der Waals surface area contributed by atoms with Crippen molar-refractivity contribution in [3.05, 3.63) is 85.1 Å². The highest BCUT2D eigenvalue weighted by Gasteiger charge is 2.19. The van der Waals surface area contributed by atoms with Crippen molar-refractivity contribution >= 4 is 17.9 Å². The average molecular weight is 1090 g/mol. The molecule has 0 aromatic heterocycles. The van der Waals surface area contributed by atoms with E-state index in [2.05, 4.69) is 106 Å². The Hall–Kier alpha value is -3.41. The van der Waals surface area contributed by atoms with Gasteiger partial charge in [0.05, 0.1) is 0 Å². The molecule has 0 aliphatic carbocycles. The van der Waals surface area contributed by atoms with Crippen molar-refractivity contribution in [1.82, 2.24) is 0 Å². The summed E-state index contributed by atoms with van der Waals surface area (Å²) in [5.41, 5.74) is 0. The molecule has 0 N–H and O–H groups in total. The molecule has 6 nitrogen and oxygen atoms in total. The van der Waals surface area contributed by atoms with Gasteiger partial charge in [-0.05, 0) is 96.3 Å². The molecule has 6 heteroatoms. The quantitative estimate of drug-likeness (QED) is 0.0261. The number of carbonyl (C=O) groups is 3. The zero-order valence-corrected chi connectivity index (χ0v) is 51.7. The van der Waals surface area contributed by atoms with Gasteiger partial charge in [-0.2, -0.15) is 0 Å². The molecule has 0 radical (unpaired) electrons. The van der Waals surface area contributed by atoms with E-state index in [0.29, 0.717) is 19.3 Å². The van der Waals surface area contributed by atoms with E-state index in [4.69, 9.17) is 14.2 Å². The fraction of sp³-hybridized carbons (Fsp3) is 0.764. The Bertz CT molecular complexity index is 1480. The Morgan fingerprint density at radius 2 is 0.500 bits per heavy atom. The van der Waals surface area contributed by atoms with Gasteiger partial charge >= 0.3 is 17.9 Å². The average Bonchev–Trinajstić information content (AvgIpc) is 3.44. The SMILES string of the molecule is CC/C=C\C/C=C\C/C=C\C/C=C\C/C=C\CCCCCCCCCCCC(=O)OCC(COC(=O)CCCCCCCCC/C=C\C/C=C\CCCCC)OC(=O)CCCCCCCCCCCCCCCCCCCC. The third-order valence-electron chi connectivity index (χ3n) is 14.6. The van der Waals surface area contributed by atoms with Crippen LogP contribution in [-0.2, 0) is 28.6 Å². The van der Waals surface area contributed by atoms with E-state index in [1.165, 1.54) is 186 Å². The van der Waals surface area contributed by atoms with Crippen LogP contribution in [0.2, 0.25) is 0 Å². The molecule has 0 aliphatic heterocycles. The van der Waals surface area contributed by atoms with Crippen LogP contribution in [0.1, 0.15) is 335 Å². The van der Waals surface area contributed by atoms with E-state index < -0.39 is 6.10 Å². The van der Waals surface area contributed by atoms with Gasteiger partial charge in [0.1, 0.15) is 13.2 Å². The van der Waals surface area contributed by atoms with Crippen LogP contribution in [0.15, 0.2) is 85.1 Å². The van der Waals surface area contributed by atoms with Gasteiger partial charge in [0.25, 0.3) is 0 Å². The molecule has 0 saturated carbocycles. The highest BCUT2D eigenvalue weighted by molar-refractivity contribution is 5.71. The number of esters is 3. The monoisotopic (exact) mass is 1090 g/mol. The van der Waals surface area contributed by atoms with Gasteiger partial charge < -0.3 is 14.2 Å². The van der Waals surface area contributed by atoms with Gasteiger partial charge in [-0.25, -0.2) is 0 Å². The zero-order chi connectivity index (χ0) is 56.4. The van der Waals surface area contributed by atoms with Crippen LogP contribution in [0.25, 0.3) is 0 Å². The third-order valence-corrected chi connectivity index (χ3v) is 14.6. The largest absolute Gasteiger partial charge is 0.462 e. The fourth-order valence-corrected chi connectivity index (χ4v) is 9.62. The van der Waals surface area contributed by atoms with Crippen molar-refractivity contribution in [2.45, 2.75) is 341 Å². The highest BCUT2D eigenvalue weighted by Crippen LogP contribution is 2.17. The Morgan fingerprint density at radius 3 is 0.808 bits per heavy atom. The number of unbranched alkanes of at least 4 members (excludes halogenated alkanes) is 36. The van der Waals surface area contributed by atoms with E-state index in [1.54, 1.807) is 0 Å². The lowest BCUT2D eigenvalue weighted by molar-refractivity contribution is -0.167. The second-order valence-corrected chi connectivity index (χ2v) is 22.4. The zero-order valence-electron chi connectivity index (χ0n) is 51.7. The lowest BCUT2D eigenvalue weighted by Crippen LogP contribution is -2.30. The summed E-state index contributed by atoms with van der Waals surface area (Å²) in [7, 11) is 0. The standard InChI is InChI=1S/C72H126O6/c1-4-7-10-13-16-19-22-25-28-31-33-34-35-36-37-38-39-42-44-47-50-53-56-59-62-65-71(74)77-68-69(67-76-70(73)64-61-58-55-52-49-46-43-40-30-27-24-21-18-15-12-9-6-3)78-72(75)66-63-60-57-54-51-48-45-41-32-29-26-23-20-17-14-11-8-5-2/h7,10,16,18-19,21,25,27-28,30,33-34,36-37,69H,4-6,8-9,11-15,17,20,22-24,26,29,31-32,35,38-68H2,1-3H3/b10-7-,19-16-,21-18-,28-25-,30-27-,34-33-,37-36-. The second kappa shape index (κ2) is 66.1. The minimum Gasteiger partial charge on any atom is -0.462 e. The van der Waals surface area contributed by atoms with Gasteiger partial charge in [0, 0.05) is 19.3 Å². The van der Waals surface area contributed by atoms with Crippen molar-refractivity contribution < 1.29 is 28.6 Å². The molecule has 1 atom stereocenters. The predicted molar refractivity (Wildman–Crippen MR) is 339 cm³/mol. The van der Waals surface area contributed by atoms with Crippen LogP contribution >= 0.6 is 0 Å². The minimum atomic E-state index is -0.782. The molecule has 450 valence electrons. The van der Waals surface area contributed by atoms with Crippen molar-refractivity contribution in [3.63, 3.8) is 0 Å². The first-order chi connectivity index (χ1) is 38.5. The minimum absolute atomic E-state index is 0.0793. The first-order valence-electron chi connectivity index (χ1n) is 33.6. The van der Waals surface area contributed by atoms with E-state index in [1.807, 2.05) is 0 Å². The molecule has 0 aromatic rings. The summed E-state index contributed by atoms with van der Waals surface area (Å²) in [4.78, 5) is 38.4. The number of allylic oxidation sites excluding steroid dienone is 14. The Balaban J connectivity index is 4.35. The summed E-state index contributed by atoms with van der Waals surface area (Å²) in [5.74, 6) is -0.874. The van der Waals surface area contributed by atoms with Gasteiger partial charge in [-0.3, -0.25) is 14.4 Å². The lowest BCUT2D eigenvalue weighted by atomic mass is 10.0. The van der Waals surface area contributed by atoms with Crippen LogP contribution < -0.4 is 0 Å². The lowest BCUT2D eigenvalue weighted by Gasteiger charge is -2.18. The number of carbonyl (C=O) groups excluding carboxylic acids is 3. The number of ether oxygens (including phenoxy) is 3. The molecule has 0 heterocycles. The maximum Gasteiger partial charge on any atom is 0.306 e. The van der Waals surface area contributed by atoms with Crippen LogP contribution in [0.3, 0.4) is 0 Å². The second-order valence-electron chi connectivity index (χ2n) is 22.4. The summed E-state index contributed by atoms with van der Waals surface area (Å²) in [6.45, 7) is 6.54. The molecule has 0 aliphatic rings. The molecule has 0 fully saturated rings. The van der Waals surface area contributed by atoms with Crippen LogP contribution in [0.4, 0.5) is 0 Å². The van der Waals surface area contributed by atoms with E-state index in [9.17, 15) is 14.4 Å². The van der Waals surface area contributed by atoms with Crippen molar-refractivity contribution in [1.29, 1.82) is 0 Å². The highest BCUT2D eigenvalue weighted by atomic mass is 16.6. The smallest absolute Gasteiger partial charge is 0.306 e. The summed E-state index contributed by atoms with van der Waals surface area (Å²) >= 11 is 0. The topological polar surface area (TPSA) is 78.9 Å². The Morgan fingerprint density at radius 1 is 0.269 bits per heavy atom. The molecule has 0 aromatic carbocycles. The normalized spacial score (nSPS) is 12.6. The summed E-state index contributed by atoms with van der Waals surface area (Å²) in [6, 6.07) is 0. The van der Waals surface area contributed by atoms with Crippen molar-refractivity contribution in [2.24, 2.45) is 0 Å². The van der Waals surface area contributed by atoms with E-state index in [-0.39, 0.29) is 31.1 Å². The molecule has 0 saturated heterocycles. The Kier molecular flexibility index (Phi) is 63.2. The maximum absolute atomic E-state index is 12.9. The van der Waals surface area contributed by atoms with Crippen LogP contribution in [0, 0.1) is 0 Å². The molecule has 0 spiro atoms. The molecule has 0 amide bonds. The third kappa shape index (κ3) is 63.4. The molecule has 1 unspecified atom stereocenters. The van der Waals surface area contributed by atoms with Crippen LogP contribution in [0.5, 0.6) is 0 Å². The van der Waals surface area contributed by atoms with E-state index in [0.717, 1.165) is 109 Å². The molecular weight excluding hydrogens is 961 g/mol. The number of hydrogen-bond donors (Lipinski definition) is 0. The van der Waals surface area contributed by atoms with Crippen molar-refractivity contribution in [3.8, 4) is 0 Å². The summed E-state index contributed by atoms with van der Waals surface area (Å²) in [5, 5.41) is 0. The molecule has 0 bridgehead atoms. The Labute approximate surface area is 484 Å². The van der Waals surface area contributed by atoms with Crippen LogP contribution in [-0.4, -0.2) is 37.2 Å². The van der Waals surface area contributed by atoms with Crippen molar-refractivity contribution in [2.75, 3.05) is 13.2 Å².